The van der Waals surface area contributed by atoms with Crippen LogP contribution in [0.3, 0.4) is 0 Å². The van der Waals surface area contributed by atoms with Crippen LogP contribution in [0.15, 0.2) is 84.4 Å². The van der Waals surface area contributed by atoms with E-state index in [-0.39, 0.29) is 5.57 Å². The van der Waals surface area contributed by atoms with Crippen molar-refractivity contribution in [2.75, 3.05) is 12.0 Å². The molecule has 0 unspecified atom stereocenters. The van der Waals surface area contributed by atoms with Gasteiger partial charge >= 0.3 is 6.03 Å². The molecule has 0 bridgehead atoms. The lowest BCUT2D eigenvalue weighted by molar-refractivity contribution is -0.122. The average Bonchev–Trinajstić information content (AvgIpc) is 2.91. The number of fused-ring (bicyclic) bond motifs is 1. The number of amides is 4. The fraction of sp³-hybridized carbons (Fsp3) is 0.100. The number of nitrogens with one attached hydrogen (secondary N) is 1. The Kier molecular flexibility index (Phi) is 6.85. The largest absolute Gasteiger partial charge is 0.493 e. The number of benzene rings is 4. The van der Waals surface area contributed by atoms with Crippen molar-refractivity contribution in [2.45, 2.75) is 13.5 Å². The third-order valence-electron chi connectivity index (χ3n) is 6.33. The van der Waals surface area contributed by atoms with Gasteiger partial charge in [0.1, 0.15) is 12.2 Å². The SMILES string of the molecule is COc1cc(/C=C2\C(=O)NC(=O)N(c3ccc(Cl)cc3)C2=O)ccc1OCc1c(C)ccc2ccccc12. The first kappa shape index (κ1) is 25.0. The molecule has 1 N–H and O–H groups in total. The van der Waals surface area contributed by atoms with E-state index in [0.717, 1.165) is 26.8 Å². The summed E-state index contributed by atoms with van der Waals surface area (Å²) in [6.45, 7) is 2.38. The molecule has 1 aliphatic rings. The maximum absolute atomic E-state index is 13.1. The molecule has 0 atom stereocenters. The predicted octanol–water partition coefficient (Wildman–Crippen LogP) is 6.06. The molecular weight excluding hydrogens is 504 g/mol. The molecule has 8 heteroatoms. The molecule has 0 radical (unpaired) electrons. The van der Waals surface area contributed by atoms with Gasteiger partial charge in [-0.25, -0.2) is 9.69 Å². The van der Waals surface area contributed by atoms with Crippen LogP contribution in [-0.2, 0) is 16.2 Å². The predicted molar refractivity (Wildman–Crippen MR) is 146 cm³/mol. The molecule has 1 fully saturated rings. The molecule has 4 aromatic rings. The number of rotatable bonds is 6. The number of carbonyl (C=O) groups excluding carboxylic acids is 3. The van der Waals surface area contributed by atoms with E-state index in [1.807, 2.05) is 19.1 Å². The van der Waals surface area contributed by atoms with Gasteiger partial charge in [-0.2, -0.15) is 0 Å². The molecule has 4 amide bonds. The molecule has 0 aromatic heterocycles. The van der Waals surface area contributed by atoms with Gasteiger partial charge in [-0.3, -0.25) is 14.9 Å². The molecule has 5 rings (SSSR count). The zero-order chi connectivity index (χ0) is 26.8. The minimum atomic E-state index is -0.829. The Balaban J connectivity index is 1.41. The first-order valence-electron chi connectivity index (χ1n) is 11.8. The summed E-state index contributed by atoms with van der Waals surface area (Å²) in [5.41, 5.74) is 2.82. The van der Waals surface area contributed by atoms with E-state index >= 15 is 0 Å². The van der Waals surface area contributed by atoms with Crippen molar-refractivity contribution >= 4 is 52.0 Å². The van der Waals surface area contributed by atoms with Gasteiger partial charge in [0.15, 0.2) is 11.5 Å². The highest BCUT2D eigenvalue weighted by Crippen LogP contribution is 2.32. The second-order valence-corrected chi connectivity index (χ2v) is 9.15. The topological polar surface area (TPSA) is 84.9 Å². The molecule has 1 saturated heterocycles. The van der Waals surface area contributed by atoms with Gasteiger partial charge in [-0.15, -0.1) is 0 Å². The molecule has 190 valence electrons. The zero-order valence-corrected chi connectivity index (χ0v) is 21.4. The van der Waals surface area contributed by atoms with Crippen LogP contribution in [0.1, 0.15) is 16.7 Å². The van der Waals surface area contributed by atoms with Gasteiger partial charge in [-0.1, -0.05) is 54.1 Å². The van der Waals surface area contributed by atoms with Crippen molar-refractivity contribution in [1.82, 2.24) is 5.32 Å². The summed E-state index contributed by atoms with van der Waals surface area (Å²) in [5.74, 6) is -0.575. The maximum atomic E-state index is 13.1. The lowest BCUT2D eigenvalue weighted by atomic mass is 10.0. The Labute approximate surface area is 224 Å². The molecule has 7 nitrogen and oxygen atoms in total. The summed E-state index contributed by atoms with van der Waals surface area (Å²) in [5, 5.41) is 4.92. The number of hydrogen-bond acceptors (Lipinski definition) is 5. The van der Waals surface area contributed by atoms with Crippen LogP contribution in [0.4, 0.5) is 10.5 Å². The number of methoxy groups -OCH3 is 1. The third-order valence-corrected chi connectivity index (χ3v) is 6.58. The zero-order valence-electron chi connectivity index (χ0n) is 20.7. The summed E-state index contributed by atoms with van der Waals surface area (Å²) >= 11 is 5.92. The monoisotopic (exact) mass is 526 g/mol. The number of anilines is 1. The first-order chi connectivity index (χ1) is 18.4. The smallest absolute Gasteiger partial charge is 0.335 e. The number of nitrogens with zero attached hydrogens (tertiary/aromatic N) is 1. The third kappa shape index (κ3) is 4.84. The summed E-state index contributed by atoms with van der Waals surface area (Å²) in [6, 6.07) is 22.7. The van der Waals surface area contributed by atoms with E-state index in [1.165, 1.54) is 25.3 Å². The molecular formula is C30H23ClN2O5. The van der Waals surface area contributed by atoms with E-state index < -0.39 is 17.8 Å². The van der Waals surface area contributed by atoms with Crippen LogP contribution in [0.2, 0.25) is 5.02 Å². The average molecular weight is 527 g/mol. The number of imide groups is 2. The molecule has 38 heavy (non-hydrogen) atoms. The fourth-order valence-corrected chi connectivity index (χ4v) is 4.45. The lowest BCUT2D eigenvalue weighted by Crippen LogP contribution is -2.54. The Hall–Kier alpha value is -4.62. The van der Waals surface area contributed by atoms with Gasteiger partial charge in [-0.05, 0) is 71.3 Å². The van der Waals surface area contributed by atoms with Crippen LogP contribution in [0.25, 0.3) is 16.8 Å². The van der Waals surface area contributed by atoms with Gasteiger partial charge in [0, 0.05) is 10.6 Å². The van der Waals surface area contributed by atoms with Crippen molar-refractivity contribution in [3.8, 4) is 11.5 Å². The van der Waals surface area contributed by atoms with Gasteiger partial charge in [0.25, 0.3) is 11.8 Å². The van der Waals surface area contributed by atoms with Gasteiger partial charge in [0.05, 0.1) is 12.8 Å². The van der Waals surface area contributed by atoms with Crippen LogP contribution >= 0.6 is 11.6 Å². The van der Waals surface area contributed by atoms with E-state index in [9.17, 15) is 14.4 Å². The summed E-state index contributed by atoms with van der Waals surface area (Å²) in [7, 11) is 1.52. The van der Waals surface area contributed by atoms with E-state index in [0.29, 0.717) is 34.4 Å². The summed E-state index contributed by atoms with van der Waals surface area (Å²) < 4.78 is 11.7. The van der Waals surface area contributed by atoms with Crippen molar-refractivity contribution in [3.63, 3.8) is 0 Å². The number of barbiturate groups is 1. The molecule has 0 saturated carbocycles. The van der Waals surface area contributed by atoms with E-state index in [4.69, 9.17) is 21.1 Å². The van der Waals surface area contributed by atoms with Crippen LogP contribution in [-0.4, -0.2) is 25.0 Å². The minimum absolute atomic E-state index is 0.193. The Morgan fingerprint density at radius 2 is 1.68 bits per heavy atom. The Morgan fingerprint density at radius 1 is 0.921 bits per heavy atom. The highest BCUT2D eigenvalue weighted by atomic mass is 35.5. The molecule has 4 aromatic carbocycles. The number of carbonyl (C=O) groups is 3. The number of halogens is 1. The van der Waals surface area contributed by atoms with Crippen LogP contribution in [0.5, 0.6) is 11.5 Å². The van der Waals surface area contributed by atoms with Gasteiger partial charge in [0.2, 0.25) is 0 Å². The molecule has 1 aliphatic heterocycles. The summed E-state index contributed by atoms with van der Waals surface area (Å²) in [6.07, 6.45) is 1.41. The van der Waals surface area contributed by atoms with Crippen molar-refractivity contribution in [3.05, 3.63) is 106 Å². The summed E-state index contributed by atoms with van der Waals surface area (Å²) in [4.78, 5) is 39.0. The standard InChI is InChI=1S/C30H23ClN2O5/c1-18-7-9-20-5-3-4-6-23(20)25(18)17-38-26-14-8-19(16-27(26)37-2)15-24-28(34)32-30(36)33(29(24)35)22-12-10-21(31)11-13-22/h3-16H,17H2,1-2H3,(H,32,34,36)/b24-15+. The second kappa shape index (κ2) is 10.4. The van der Waals surface area contributed by atoms with Crippen LogP contribution in [0, 0.1) is 6.92 Å². The number of ether oxygens (including phenoxy) is 2. The minimum Gasteiger partial charge on any atom is -0.493 e. The molecule has 1 heterocycles. The quantitative estimate of drug-likeness (QED) is 0.244. The first-order valence-corrected chi connectivity index (χ1v) is 12.2. The highest BCUT2D eigenvalue weighted by molar-refractivity contribution is 6.39. The van der Waals surface area contributed by atoms with Crippen LogP contribution < -0.4 is 19.7 Å². The van der Waals surface area contributed by atoms with Crippen molar-refractivity contribution in [1.29, 1.82) is 0 Å². The van der Waals surface area contributed by atoms with Gasteiger partial charge < -0.3 is 9.47 Å². The molecule has 0 spiro atoms. The normalized spacial score (nSPS) is 14.7. The Bertz CT molecular complexity index is 1610. The Morgan fingerprint density at radius 3 is 2.45 bits per heavy atom. The highest BCUT2D eigenvalue weighted by Gasteiger charge is 2.36. The molecule has 0 aliphatic carbocycles. The fourth-order valence-electron chi connectivity index (χ4n) is 4.33. The second-order valence-electron chi connectivity index (χ2n) is 8.72. The lowest BCUT2D eigenvalue weighted by Gasteiger charge is -2.26. The number of urea groups is 1. The number of hydrogen-bond donors (Lipinski definition) is 1. The number of aryl methyl sites for hydroxylation is 1. The maximum Gasteiger partial charge on any atom is 0.335 e. The van der Waals surface area contributed by atoms with E-state index in [1.54, 1.807) is 30.3 Å². The van der Waals surface area contributed by atoms with Crippen molar-refractivity contribution in [2.24, 2.45) is 0 Å². The van der Waals surface area contributed by atoms with E-state index in [2.05, 4.69) is 29.6 Å². The van der Waals surface area contributed by atoms with Crippen molar-refractivity contribution < 1.29 is 23.9 Å².